The molecule has 0 bridgehead atoms. The highest BCUT2D eigenvalue weighted by atomic mass is 32.1. The maximum absolute atomic E-state index is 5.25. The lowest BCUT2D eigenvalue weighted by atomic mass is 10.1. The van der Waals surface area contributed by atoms with Crippen LogP contribution in [0.2, 0.25) is 0 Å². The number of ether oxygens (including phenoxy) is 1. The molecule has 5 heteroatoms. The summed E-state index contributed by atoms with van der Waals surface area (Å²) in [5, 5.41) is 4.31. The number of aryl methyl sites for hydroxylation is 1. The number of aromatic amines is 1. The molecule has 4 aromatic rings. The van der Waals surface area contributed by atoms with Gasteiger partial charge in [0, 0.05) is 28.0 Å². The monoisotopic (exact) mass is 321 g/mol. The Bertz CT molecular complexity index is 987. The standard InChI is InChI=1S/C18H15N3OS/c1-11-20-18(10-23-11)17-7-13-5-12(3-4-16(13)21-17)14-6-15(22-2)9-19-8-14/h3-10,21H,1-2H3. The highest BCUT2D eigenvalue weighted by molar-refractivity contribution is 7.09. The van der Waals surface area contributed by atoms with Gasteiger partial charge in [0.15, 0.2) is 0 Å². The Kier molecular flexibility index (Phi) is 3.35. The van der Waals surface area contributed by atoms with Crippen LogP contribution in [0.15, 0.2) is 48.1 Å². The predicted molar refractivity (Wildman–Crippen MR) is 93.9 cm³/mol. The Hall–Kier alpha value is -2.66. The van der Waals surface area contributed by atoms with Crippen LogP contribution < -0.4 is 4.74 Å². The topological polar surface area (TPSA) is 50.8 Å². The van der Waals surface area contributed by atoms with E-state index in [-0.39, 0.29) is 0 Å². The number of rotatable bonds is 3. The van der Waals surface area contributed by atoms with Crippen molar-refractivity contribution in [2.24, 2.45) is 0 Å². The molecule has 3 heterocycles. The van der Waals surface area contributed by atoms with Gasteiger partial charge in [-0.25, -0.2) is 4.98 Å². The molecule has 0 aliphatic rings. The zero-order valence-electron chi connectivity index (χ0n) is 12.8. The molecule has 0 amide bonds. The molecule has 0 saturated carbocycles. The number of nitrogens with zero attached hydrogens (tertiary/aromatic N) is 2. The minimum atomic E-state index is 0.760. The van der Waals surface area contributed by atoms with Crippen molar-refractivity contribution in [1.29, 1.82) is 0 Å². The van der Waals surface area contributed by atoms with Crippen LogP contribution in [0.25, 0.3) is 33.4 Å². The summed E-state index contributed by atoms with van der Waals surface area (Å²) in [6, 6.07) is 10.5. The third-order valence-corrected chi connectivity index (χ3v) is 4.57. The van der Waals surface area contributed by atoms with Gasteiger partial charge in [0.25, 0.3) is 0 Å². The molecule has 0 atom stereocenters. The molecule has 4 nitrogen and oxygen atoms in total. The molecule has 0 unspecified atom stereocenters. The summed E-state index contributed by atoms with van der Waals surface area (Å²) in [5.41, 5.74) is 5.30. The van der Waals surface area contributed by atoms with Crippen LogP contribution in [0, 0.1) is 6.92 Å². The quantitative estimate of drug-likeness (QED) is 0.596. The summed E-state index contributed by atoms with van der Waals surface area (Å²) in [5.74, 6) is 0.760. The molecular formula is C18H15N3OS. The predicted octanol–water partition coefficient (Wildman–Crippen LogP) is 4.67. The maximum atomic E-state index is 5.25. The Morgan fingerprint density at radius 1 is 1.09 bits per heavy atom. The van der Waals surface area contributed by atoms with Crippen molar-refractivity contribution in [2.75, 3.05) is 7.11 Å². The zero-order chi connectivity index (χ0) is 15.8. The average molecular weight is 321 g/mol. The number of hydrogen-bond donors (Lipinski definition) is 1. The van der Waals surface area contributed by atoms with Crippen LogP contribution in [0.4, 0.5) is 0 Å². The smallest absolute Gasteiger partial charge is 0.137 e. The van der Waals surface area contributed by atoms with Crippen LogP contribution in [0.3, 0.4) is 0 Å². The minimum Gasteiger partial charge on any atom is -0.495 e. The fraction of sp³-hybridized carbons (Fsp3) is 0.111. The summed E-state index contributed by atoms with van der Waals surface area (Å²) < 4.78 is 5.25. The molecule has 0 aliphatic heterocycles. The normalized spacial score (nSPS) is 11.0. The largest absolute Gasteiger partial charge is 0.495 e. The van der Waals surface area contributed by atoms with Crippen LogP contribution in [-0.4, -0.2) is 22.1 Å². The highest BCUT2D eigenvalue weighted by Gasteiger charge is 2.08. The van der Waals surface area contributed by atoms with Crippen molar-refractivity contribution < 1.29 is 4.74 Å². The molecule has 0 radical (unpaired) electrons. The van der Waals surface area contributed by atoms with Crippen molar-refractivity contribution in [2.45, 2.75) is 6.92 Å². The second-order valence-corrected chi connectivity index (χ2v) is 6.41. The van der Waals surface area contributed by atoms with Crippen LogP contribution in [0.5, 0.6) is 5.75 Å². The third-order valence-electron chi connectivity index (χ3n) is 3.80. The zero-order valence-corrected chi connectivity index (χ0v) is 13.6. The van der Waals surface area contributed by atoms with Crippen LogP contribution in [0.1, 0.15) is 5.01 Å². The van der Waals surface area contributed by atoms with Crippen molar-refractivity contribution in [3.8, 4) is 28.3 Å². The van der Waals surface area contributed by atoms with Gasteiger partial charge in [0.1, 0.15) is 5.75 Å². The molecule has 0 saturated heterocycles. The van der Waals surface area contributed by atoms with E-state index < -0.39 is 0 Å². The summed E-state index contributed by atoms with van der Waals surface area (Å²) in [7, 11) is 1.65. The first-order valence-corrected chi connectivity index (χ1v) is 8.15. The van der Waals surface area contributed by atoms with Crippen molar-refractivity contribution in [3.63, 3.8) is 0 Å². The van der Waals surface area contributed by atoms with E-state index >= 15 is 0 Å². The molecule has 1 aromatic carbocycles. The molecule has 0 fully saturated rings. The molecule has 1 N–H and O–H groups in total. The summed E-state index contributed by atoms with van der Waals surface area (Å²) >= 11 is 1.66. The molecule has 23 heavy (non-hydrogen) atoms. The van der Waals surface area contributed by atoms with E-state index in [1.807, 2.05) is 19.2 Å². The number of fused-ring (bicyclic) bond motifs is 1. The maximum Gasteiger partial charge on any atom is 0.137 e. The van der Waals surface area contributed by atoms with Gasteiger partial charge in [-0.2, -0.15) is 0 Å². The fourth-order valence-electron chi connectivity index (χ4n) is 2.63. The second-order valence-electron chi connectivity index (χ2n) is 5.35. The number of benzene rings is 1. The average Bonchev–Trinajstić information content (AvgIpc) is 3.20. The molecule has 0 aliphatic carbocycles. The van der Waals surface area contributed by atoms with Gasteiger partial charge in [-0.05, 0) is 36.8 Å². The third kappa shape index (κ3) is 2.59. The van der Waals surface area contributed by atoms with E-state index in [0.29, 0.717) is 0 Å². The minimum absolute atomic E-state index is 0.760. The SMILES string of the molecule is COc1cncc(-c2ccc3[nH]c(-c4csc(C)n4)cc3c2)c1. The highest BCUT2D eigenvalue weighted by Crippen LogP contribution is 2.29. The first kappa shape index (κ1) is 14.0. The van der Waals surface area contributed by atoms with Crippen LogP contribution >= 0.6 is 11.3 Å². The summed E-state index contributed by atoms with van der Waals surface area (Å²) in [6.45, 7) is 2.02. The Morgan fingerprint density at radius 2 is 2.00 bits per heavy atom. The number of H-pyrrole nitrogens is 1. The lowest BCUT2D eigenvalue weighted by Gasteiger charge is -2.04. The van der Waals surface area contributed by atoms with E-state index in [2.05, 4.69) is 44.6 Å². The van der Waals surface area contributed by atoms with Gasteiger partial charge in [-0.15, -0.1) is 11.3 Å². The molecule has 3 aromatic heterocycles. The van der Waals surface area contributed by atoms with Gasteiger partial charge in [-0.1, -0.05) is 6.07 Å². The number of pyridine rings is 1. The first-order chi connectivity index (χ1) is 11.2. The Labute approximate surface area is 137 Å². The van der Waals surface area contributed by atoms with Gasteiger partial charge in [0.2, 0.25) is 0 Å². The number of hydrogen-bond acceptors (Lipinski definition) is 4. The molecule has 4 rings (SSSR count). The Balaban J connectivity index is 1.78. The number of aromatic nitrogens is 3. The second kappa shape index (κ2) is 5.52. The van der Waals surface area contributed by atoms with Crippen LogP contribution in [-0.2, 0) is 0 Å². The van der Waals surface area contributed by atoms with E-state index in [0.717, 1.165) is 44.2 Å². The summed E-state index contributed by atoms with van der Waals surface area (Å²) in [6.07, 6.45) is 3.56. The van der Waals surface area contributed by atoms with Crippen molar-refractivity contribution in [3.05, 3.63) is 53.1 Å². The Morgan fingerprint density at radius 3 is 2.78 bits per heavy atom. The summed E-state index contributed by atoms with van der Waals surface area (Å²) in [4.78, 5) is 12.2. The fourth-order valence-corrected chi connectivity index (χ4v) is 3.24. The number of nitrogens with one attached hydrogen (secondary N) is 1. The van der Waals surface area contributed by atoms with E-state index in [9.17, 15) is 0 Å². The first-order valence-electron chi connectivity index (χ1n) is 7.27. The lowest BCUT2D eigenvalue weighted by molar-refractivity contribution is 0.413. The van der Waals surface area contributed by atoms with Gasteiger partial charge < -0.3 is 9.72 Å². The molecular weight excluding hydrogens is 306 g/mol. The van der Waals surface area contributed by atoms with Gasteiger partial charge in [0.05, 0.1) is 29.7 Å². The van der Waals surface area contributed by atoms with E-state index in [4.69, 9.17) is 4.74 Å². The number of methoxy groups -OCH3 is 1. The van der Waals surface area contributed by atoms with Crippen molar-refractivity contribution >= 4 is 22.2 Å². The van der Waals surface area contributed by atoms with Crippen molar-refractivity contribution in [1.82, 2.24) is 15.0 Å². The van der Waals surface area contributed by atoms with Gasteiger partial charge >= 0.3 is 0 Å². The molecule has 0 spiro atoms. The van der Waals surface area contributed by atoms with E-state index in [1.165, 1.54) is 0 Å². The van der Waals surface area contributed by atoms with E-state index in [1.54, 1.807) is 24.6 Å². The van der Waals surface area contributed by atoms with Gasteiger partial charge in [-0.3, -0.25) is 4.98 Å². The molecule has 114 valence electrons. The number of thiazole rings is 1. The lowest BCUT2D eigenvalue weighted by Crippen LogP contribution is -1.86.